The van der Waals surface area contributed by atoms with Gasteiger partial charge in [0.25, 0.3) is 0 Å². The van der Waals surface area contributed by atoms with Gasteiger partial charge in [0.05, 0.1) is 11.4 Å². The van der Waals surface area contributed by atoms with E-state index in [2.05, 4.69) is 20.9 Å². The number of carboxylic acid groups (broad SMARTS) is 2. The first-order valence-corrected chi connectivity index (χ1v) is 7.32. The van der Waals surface area contributed by atoms with Crippen LogP contribution >= 0.6 is 15.9 Å². The lowest BCUT2D eigenvalue weighted by molar-refractivity contribution is 0.127. The summed E-state index contributed by atoms with van der Waals surface area (Å²) in [5.41, 5.74) is 1.75. The van der Waals surface area contributed by atoms with E-state index < -0.39 is 18.2 Å². The molecule has 1 aliphatic heterocycles. The van der Waals surface area contributed by atoms with Crippen molar-refractivity contribution in [1.29, 1.82) is 0 Å². The van der Waals surface area contributed by atoms with E-state index >= 15 is 0 Å². The van der Waals surface area contributed by atoms with E-state index in [0.717, 1.165) is 14.6 Å². The second kappa shape index (κ2) is 5.45. The molecule has 3 rings (SSSR count). The average molecular weight is 366 g/mol. The third kappa shape index (κ3) is 2.35. The molecule has 1 aromatic heterocycles. The number of carbonyl (C=O) groups is 2. The number of amides is 1. The molecular weight excluding hydrogens is 354 g/mol. The summed E-state index contributed by atoms with van der Waals surface area (Å²) in [6.07, 6.45) is -0.632. The Morgan fingerprint density at radius 1 is 1.27 bits per heavy atom. The van der Waals surface area contributed by atoms with E-state index in [9.17, 15) is 19.8 Å². The van der Waals surface area contributed by atoms with Gasteiger partial charge in [-0.1, -0.05) is 28.1 Å². The van der Waals surface area contributed by atoms with Crippen molar-refractivity contribution in [3.8, 4) is 0 Å². The van der Waals surface area contributed by atoms with Crippen LogP contribution in [-0.2, 0) is 6.42 Å². The highest BCUT2D eigenvalue weighted by Crippen LogP contribution is 2.35. The number of hydrogen-bond donors (Lipinski definition) is 2. The number of aromatic nitrogens is 2. The SMILES string of the molecule is O=C(O)N1CCc2c(ncn2C(=O)O)C1c1cccc(Br)c1. The van der Waals surface area contributed by atoms with E-state index in [1.807, 2.05) is 18.2 Å². The number of nitrogens with zero attached hydrogens (tertiary/aromatic N) is 3. The van der Waals surface area contributed by atoms with Crippen LogP contribution in [0, 0.1) is 0 Å². The molecule has 7 nitrogen and oxygen atoms in total. The summed E-state index contributed by atoms with van der Waals surface area (Å²) in [6, 6.07) is 6.66. The molecule has 2 heterocycles. The molecule has 0 aliphatic carbocycles. The molecule has 1 amide bonds. The largest absolute Gasteiger partial charge is 0.465 e. The third-order valence-electron chi connectivity index (χ3n) is 3.68. The second-order valence-corrected chi connectivity index (χ2v) is 5.83. The maximum absolute atomic E-state index is 11.5. The van der Waals surface area contributed by atoms with Gasteiger partial charge in [0.2, 0.25) is 0 Å². The predicted molar refractivity (Wildman–Crippen MR) is 80.1 cm³/mol. The van der Waals surface area contributed by atoms with Gasteiger partial charge in [-0.15, -0.1) is 0 Å². The lowest BCUT2D eigenvalue weighted by atomic mass is 9.96. The monoisotopic (exact) mass is 365 g/mol. The highest BCUT2D eigenvalue weighted by atomic mass is 79.9. The number of hydrogen-bond acceptors (Lipinski definition) is 3. The van der Waals surface area contributed by atoms with Gasteiger partial charge in [0.1, 0.15) is 12.4 Å². The fraction of sp³-hybridized carbons (Fsp3) is 0.214. The summed E-state index contributed by atoms with van der Waals surface area (Å²) in [4.78, 5) is 28.2. The summed E-state index contributed by atoms with van der Waals surface area (Å²) >= 11 is 3.37. The quantitative estimate of drug-likeness (QED) is 0.809. The van der Waals surface area contributed by atoms with Gasteiger partial charge in [-0.25, -0.2) is 19.1 Å². The first-order valence-electron chi connectivity index (χ1n) is 6.53. The van der Waals surface area contributed by atoms with Crippen LogP contribution < -0.4 is 0 Å². The van der Waals surface area contributed by atoms with Crippen molar-refractivity contribution in [2.24, 2.45) is 0 Å². The molecule has 2 aromatic rings. The van der Waals surface area contributed by atoms with Crippen molar-refractivity contribution >= 4 is 28.1 Å². The van der Waals surface area contributed by atoms with Crippen molar-refractivity contribution in [1.82, 2.24) is 14.5 Å². The number of halogens is 1. The van der Waals surface area contributed by atoms with Gasteiger partial charge in [-0.05, 0) is 17.7 Å². The van der Waals surface area contributed by atoms with Gasteiger partial charge in [-0.2, -0.15) is 0 Å². The normalized spacial score (nSPS) is 17.1. The molecule has 22 heavy (non-hydrogen) atoms. The first kappa shape index (κ1) is 14.6. The van der Waals surface area contributed by atoms with Crippen molar-refractivity contribution < 1.29 is 19.8 Å². The molecule has 1 aromatic carbocycles. The van der Waals surface area contributed by atoms with Crippen LogP contribution in [0.2, 0.25) is 0 Å². The molecule has 8 heteroatoms. The molecule has 2 N–H and O–H groups in total. The van der Waals surface area contributed by atoms with Crippen molar-refractivity contribution in [3.05, 3.63) is 52.0 Å². The fourth-order valence-electron chi connectivity index (χ4n) is 2.75. The minimum absolute atomic E-state index is 0.221. The van der Waals surface area contributed by atoms with Crippen molar-refractivity contribution in [2.75, 3.05) is 6.54 Å². The zero-order valence-corrected chi connectivity index (χ0v) is 12.9. The molecule has 0 spiro atoms. The van der Waals surface area contributed by atoms with Crippen molar-refractivity contribution in [3.63, 3.8) is 0 Å². The average Bonchev–Trinajstić information content (AvgIpc) is 2.90. The first-order chi connectivity index (χ1) is 10.5. The Kier molecular flexibility index (Phi) is 3.61. The lowest BCUT2D eigenvalue weighted by Gasteiger charge is -2.33. The minimum Gasteiger partial charge on any atom is -0.465 e. The Labute approximate surface area is 133 Å². The standard InChI is InChI=1S/C14H12BrN3O4/c15-9-3-1-2-8(6-9)12-11-10(4-5-17(12)13(19)20)18(7-16-11)14(21)22/h1-3,6-7,12H,4-5H2,(H,19,20)(H,21,22). The van der Waals surface area contributed by atoms with Crippen LogP contribution in [0.3, 0.4) is 0 Å². The van der Waals surface area contributed by atoms with Crippen LogP contribution in [0.5, 0.6) is 0 Å². The van der Waals surface area contributed by atoms with Gasteiger partial charge < -0.3 is 10.2 Å². The molecule has 0 bridgehead atoms. The van der Waals surface area contributed by atoms with Gasteiger partial charge in [0, 0.05) is 17.4 Å². The van der Waals surface area contributed by atoms with E-state index in [1.54, 1.807) is 6.07 Å². The second-order valence-electron chi connectivity index (χ2n) is 4.91. The van der Waals surface area contributed by atoms with E-state index in [-0.39, 0.29) is 6.54 Å². The number of imidazole rings is 1. The lowest BCUT2D eigenvalue weighted by Crippen LogP contribution is -2.40. The topological polar surface area (TPSA) is 95.7 Å². The number of fused-ring (bicyclic) bond motifs is 1. The highest BCUT2D eigenvalue weighted by molar-refractivity contribution is 9.10. The zero-order valence-electron chi connectivity index (χ0n) is 11.3. The molecule has 1 atom stereocenters. The summed E-state index contributed by atoms with van der Waals surface area (Å²) in [7, 11) is 0. The van der Waals surface area contributed by atoms with E-state index in [4.69, 9.17) is 0 Å². The molecule has 0 radical (unpaired) electrons. The van der Waals surface area contributed by atoms with Crippen LogP contribution in [-0.4, -0.2) is 43.4 Å². The van der Waals surface area contributed by atoms with Gasteiger partial charge in [0.15, 0.2) is 0 Å². The van der Waals surface area contributed by atoms with Gasteiger partial charge >= 0.3 is 12.2 Å². The van der Waals surface area contributed by atoms with Crippen LogP contribution in [0.1, 0.15) is 23.0 Å². The predicted octanol–water partition coefficient (Wildman–Crippen LogP) is 2.80. The Balaban J connectivity index is 2.15. The third-order valence-corrected chi connectivity index (χ3v) is 4.17. The fourth-order valence-corrected chi connectivity index (χ4v) is 3.17. The van der Waals surface area contributed by atoms with Crippen LogP contribution in [0.15, 0.2) is 35.1 Å². The highest BCUT2D eigenvalue weighted by Gasteiger charge is 2.36. The molecule has 0 saturated heterocycles. The van der Waals surface area contributed by atoms with Gasteiger partial charge in [-0.3, -0.25) is 4.90 Å². The Morgan fingerprint density at radius 3 is 2.68 bits per heavy atom. The number of benzene rings is 1. The molecule has 1 unspecified atom stereocenters. The smallest absolute Gasteiger partial charge is 0.417 e. The maximum Gasteiger partial charge on any atom is 0.417 e. The minimum atomic E-state index is -1.12. The summed E-state index contributed by atoms with van der Waals surface area (Å²) in [5, 5.41) is 18.6. The zero-order chi connectivity index (χ0) is 15.9. The summed E-state index contributed by atoms with van der Waals surface area (Å²) < 4.78 is 1.87. The maximum atomic E-state index is 11.5. The molecule has 1 aliphatic rings. The molecular formula is C14H12BrN3O4. The summed E-state index contributed by atoms with van der Waals surface area (Å²) in [5.74, 6) is 0. The molecule has 114 valence electrons. The molecule has 0 saturated carbocycles. The summed E-state index contributed by atoms with van der Waals surface area (Å²) in [6.45, 7) is 0.221. The molecule has 0 fully saturated rings. The Bertz CT molecular complexity index is 758. The van der Waals surface area contributed by atoms with Crippen LogP contribution in [0.25, 0.3) is 0 Å². The van der Waals surface area contributed by atoms with Crippen LogP contribution in [0.4, 0.5) is 9.59 Å². The number of rotatable bonds is 1. The van der Waals surface area contributed by atoms with E-state index in [0.29, 0.717) is 17.8 Å². The Hall–Kier alpha value is -2.35. The Morgan fingerprint density at radius 2 is 2.05 bits per heavy atom. The van der Waals surface area contributed by atoms with E-state index in [1.165, 1.54) is 11.2 Å². The van der Waals surface area contributed by atoms with Crippen molar-refractivity contribution in [2.45, 2.75) is 12.5 Å².